The zero-order valence-electron chi connectivity index (χ0n) is 35.5. The molecule has 2 fully saturated rings. The van der Waals surface area contributed by atoms with E-state index in [2.05, 4.69) is 72.8 Å². The molecular formula is C53H56O8. The van der Waals surface area contributed by atoms with Crippen molar-refractivity contribution in [1.29, 1.82) is 0 Å². The van der Waals surface area contributed by atoms with Gasteiger partial charge in [-0.3, -0.25) is 4.79 Å². The molecule has 5 aliphatic rings. The predicted octanol–water partition coefficient (Wildman–Crippen LogP) is 10.8. The maximum Gasteiger partial charge on any atom is 0.336 e. The van der Waals surface area contributed by atoms with Crippen molar-refractivity contribution in [2.75, 3.05) is 0 Å². The minimum Gasteiger partial charge on any atom is -0.483 e. The summed E-state index contributed by atoms with van der Waals surface area (Å²) >= 11 is 0. The standard InChI is InChI=1S/C53H56O8/c1-32(2)42-22-18-33-16-19-36(20-17-33)43-23-21-38(37-13-9-12-35(27-37)26-34-10-5-4-6-11-34)28-39(43)29-46(55)59-50-48-45(25-24-44-40(31-54)30-47(56)58-49(44)48)61-53(3,41-14-7-8-15-41)51(50)60-52(42)57/h4-6,9-13,16-17,19-20,24-25,27,30,38-39,41,43,50-51,54H,7-8,14-15,18,21-23,26,28-29,31H2,1-3H3. The van der Waals surface area contributed by atoms with Gasteiger partial charge < -0.3 is 23.7 Å². The first-order chi connectivity index (χ1) is 29.6. The molecule has 61 heavy (non-hydrogen) atoms. The molecule has 0 radical (unpaired) electrons. The molecule has 10 rings (SSSR count). The van der Waals surface area contributed by atoms with Crippen LogP contribution in [0.5, 0.6) is 5.75 Å². The summed E-state index contributed by atoms with van der Waals surface area (Å²) in [6.45, 7) is 5.43. The smallest absolute Gasteiger partial charge is 0.336 e. The lowest BCUT2D eigenvalue weighted by molar-refractivity contribution is -0.199. The Morgan fingerprint density at radius 1 is 0.787 bits per heavy atom. The van der Waals surface area contributed by atoms with E-state index in [-0.39, 0.29) is 35.7 Å². The van der Waals surface area contributed by atoms with Crippen LogP contribution in [-0.4, -0.2) is 28.8 Å². The third-order valence-electron chi connectivity index (χ3n) is 14.3. The summed E-state index contributed by atoms with van der Waals surface area (Å²) in [5.74, 6) is -0.114. The van der Waals surface area contributed by atoms with Crippen molar-refractivity contribution in [1.82, 2.24) is 0 Å². The molecule has 2 saturated carbocycles. The lowest BCUT2D eigenvalue weighted by Crippen LogP contribution is -2.58. The second kappa shape index (κ2) is 17.1. The maximum absolute atomic E-state index is 14.9. The van der Waals surface area contributed by atoms with Crippen LogP contribution in [0.3, 0.4) is 0 Å². The fraction of sp³-hybridized carbons (Fsp3) is 0.415. The van der Waals surface area contributed by atoms with E-state index in [1.165, 1.54) is 28.3 Å². The SMILES string of the molecule is CC(C)=C1CCc2ccc(cc2)C2CCC(c3cccc(Cc4ccccc4)c3)CC2CC(=O)OC2c3c(ccc4c(CO)cc(=O)oc34)OC(C)(C3CCCC3)C2OC1=O. The number of carbonyl (C=O) groups is 2. The van der Waals surface area contributed by atoms with Crippen molar-refractivity contribution >= 4 is 22.9 Å². The van der Waals surface area contributed by atoms with Gasteiger partial charge in [-0.25, -0.2) is 9.59 Å². The number of esters is 2. The Balaban J connectivity index is 1.14. The zero-order valence-corrected chi connectivity index (χ0v) is 35.5. The molecule has 316 valence electrons. The lowest BCUT2D eigenvalue weighted by atomic mass is 9.68. The molecule has 1 aromatic heterocycles. The van der Waals surface area contributed by atoms with Gasteiger partial charge in [0.25, 0.3) is 0 Å². The first kappa shape index (κ1) is 40.9. The second-order valence-corrected chi connectivity index (χ2v) is 18.3. The number of aliphatic hydroxyl groups excluding tert-OH is 1. The number of ether oxygens (including phenoxy) is 3. The van der Waals surface area contributed by atoms with Crippen LogP contribution in [0.1, 0.15) is 135 Å². The van der Waals surface area contributed by atoms with Crippen LogP contribution in [0.2, 0.25) is 0 Å². The van der Waals surface area contributed by atoms with E-state index < -0.39 is 42.0 Å². The van der Waals surface area contributed by atoms with E-state index in [1.54, 1.807) is 12.1 Å². The van der Waals surface area contributed by atoms with Crippen molar-refractivity contribution in [3.63, 3.8) is 0 Å². The largest absolute Gasteiger partial charge is 0.483 e. The van der Waals surface area contributed by atoms with Gasteiger partial charge in [-0.05, 0) is 135 Å². The highest BCUT2D eigenvalue weighted by Crippen LogP contribution is 2.53. The lowest BCUT2D eigenvalue weighted by Gasteiger charge is -2.48. The van der Waals surface area contributed by atoms with Crippen LogP contribution in [0, 0.1) is 11.8 Å². The van der Waals surface area contributed by atoms with Gasteiger partial charge in [0.1, 0.15) is 16.9 Å². The highest BCUT2D eigenvalue weighted by atomic mass is 16.6. The highest BCUT2D eigenvalue weighted by molar-refractivity contribution is 5.90. The van der Waals surface area contributed by atoms with Gasteiger partial charge >= 0.3 is 17.6 Å². The number of rotatable bonds is 5. The molecule has 4 aromatic carbocycles. The summed E-state index contributed by atoms with van der Waals surface area (Å²) in [7, 11) is 0. The molecule has 2 bridgehead atoms. The second-order valence-electron chi connectivity index (χ2n) is 18.3. The van der Waals surface area contributed by atoms with Gasteiger partial charge in [-0.2, -0.15) is 0 Å². The van der Waals surface area contributed by atoms with Crippen LogP contribution in [-0.2, 0) is 38.5 Å². The van der Waals surface area contributed by atoms with Crippen molar-refractivity contribution in [2.24, 2.45) is 11.8 Å². The van der Waals surface area contributed by atoms with Gasteiger partial charge in [-0.1, -0.05) is 97.3 Å². The Bertz CT molecular complexity index is 2510. The Kier molecular flexibility index (Phi) is 11.5. The molecule has 1 N–H and O–H groups in total. The van der Waals surface area contributed by atoms with Crippen molar-refractivity contribution < 1.29 is 33.3 Å². The number of aryl methyl sites for hydroxylation is 1. The van der Waals surface area contributed by atoms with Crippen molar-refractivity contribution in [3.8, 4) is 5.75 Å². The van der Waals surface area contributed by atoms with Gasteiger partial charge in [-0.15, -0.1) is 0 Å². The number of benzene rings is 4. The van der Waals surface area contributed by atoms with Crippen LogP contribution in [0.4, 0.5) is 0 Å². The molecule has 5 aromatic rings. The molecule has 4 heterocycles. The molecular weight excluding hydrogens is 765 g/mol. The fourth-order valence-electron chi connectivity index (χ4n) is 11.0. The normalized spacial score (nSPS) is 25.8. The monoisotopic (exact) mass is 820 g/mol. The Labute approximate surface area is 357 Å². The first-order valence-corrected chi connectivity index (χ1v) is 22.3. The zero-order chi connectivity index (χ0) is 42.3. The van der Waals surface area contributed by atoms with Gasteiger partial charge in [0.05, 0.1) is 12.2 Å². The van der Waals surface area contributed by atoms with Gasteiger partial charge in [0.15, 0.2) is 12.2 Å². The summed E-state index contributed by atoms with van der Waals surface area (Å²) in [6.07, 6.45) is 6.39. The van der Waals surface area contributed by atoms with Crippen molar-refractivity contribution in [2.45, 2.75) is 128 Å². The summed E-state index contributed by atoms with van der Waals surface area (Å²) in [4.78, 5) is 42.6. The van der Waals surface area contributed by atoms with E-state index in [1.807, 2.05) is 26.8 Å². The number of carbonyl (C=O) groups excluding carboxylic acids is 2. The van der Waals surface area contributed by atoms with Crippen LogP contribution in [0.15, 0.2) is 117 Å². The Hall–Kier alpha value is -5.47. The molecule has 2 aliphatic carbocycles. The molecule has 6 atom stereocenters. The summed E-state index contributed by atoms with van der Waals surface area (Å²) in [6, 6.07) is 33.0. The first-order valence-electron chi connectivity index (χ1n) is 22.3. The molecule has 0 spiro atoms. The van der Waals surface area contributed by atoms with Crippen molar-refractivity contribution in [3.05, 3.63) is 158 Å². The van der Waals surface area contributed by atoms with E-state index in [0.717, 1.165) is 62.5 Å². The van der Waals surface area contributed by atoms with E-state index in [0.29, 0.717) is 40.7 Å². The van der Waals surface area contributed by atoms with Crippen LogP contribution >= 0.6 is 0 Å². The minimum absolute atomic E-state index is 0.00554. The van der Waals surface area contributed by atoms with E-state index in [4.69, 9.17) is 18.6 Å². The Morgan fingerprint density at radius 2 is 1.56 bits per heavy atom. The van der Waals surface area contributed by atoms with E-state index >= 15 is 0 Å². The average molecular weight is 821 g/mol. The number of hydrogen-bond acceptors (Lipinski definition) is 8. The van der Waals surface area contributed by atoms with Gasteiger partial charge in [0.2, 0.25) is 0 Å². The molecule has 0 amide bonds. The number of allylic oxidation sites excluding steroid dienone is 1. The van der Waals surface area contributed by atoms with Gasteiger partial charge in [0, 0.05) is 29.4 Å². The number of hydrogen-bond donors (Lipinski definition) is 1. The maximum atomic E-state index is 14.9. The highest BCUT2D eigenvalue weighted by Gasteiger charge is 2.57. The molecule has 8 nitrogen and oxygen atoms in total. The number of aliphatic hydroxyl groups is 1. The van der Waals surface area contributed by atoms with E-state index in [9.17, 15) is 19.5 Å². The van der Waals surface area contributed by atoms with Crippen LogP contribution in [0.25, 0.3) is 11.0 Å². The third kappa shape index (κ3) is 8.19. The molecule has 8 heteroatoms. The third-order valence-corrected chi connectivity index (χ3v) is 14.3. The Morgan fingerprint density at radius 3 is 2.31 bits per heavy atom. The topological polar surface area (TPSA) is 112 Å². The molecule has 3 aliphatic heterocycles. The summed E-state index contributed by atoms with van der Waals surface area (Å²) in [5, 5.41) is 10.8. The summed E-state index contributed by atoms with van der Waals surface area (Å²) < 4.78 is 26.4. The molecule has 0 saturated heterocycles. The quantitative estimate of drug-likeness (QED) is 0.106. The average Bonchev–Trinajstić information content (AvgIpc) is 3.81. The minimum atomic E-state index is -1.15. The predicted molar refractivity (Wildman–Crippen MR) is 234 cm³/mol. The van der Waals surface area contributed by atoms with Crippen LogP contribution < -0.4 is 10.4 Å². The fourth-order valence-corrected chi connectivity index (χ4v) is 11.0. The summed E-state index contributed by atoms with van der Waals surface area (Å²) in [5.41, 5.74) is 6.75. The number of fused-ring (bicyclic) bond motifs is 11. The molecule has 6 unspecified atom stereocenters.